The number of nitrogens with one attached hydrogen (secondary N) is 8. The number of halogens is 2. The fraction of sp³-hybridized carbons (Fsp3) is 0.346. The molecule has 14 rings (SSSR count). The van der Waals surface area contributed by atoms with Crippen molar-refractivity contribution in [1.82, 2.24) is 42.5 Å². The molecule has 8 unspecified atom stereocenters. The average molecular weight is 1580 g/mol. The van der Waals surface area contributed by atoms with Gasteiger partial charge in [-0.2, -0.15) is 0 Å². The van der Waals surface area contributed by atoms with Crippen molar-refractivity contribution in [3.05, 3.63) is 164 Å². The van der Waals surface area contributed by atoms with Crippen molar-refractivity contribution in [2.45, 2.75) is 151 Å². The zero-order chi connectivity index (χ0) is 80.3. The number of ether oxygens (including phenoxy) is 6. The van der Waals surface area contributed by atoms with Crippen LogP contribution in [0.4, 0.5) is 0 Å². The summed E-state index contributed by atoms with van der Waals surface area (Å²) in [6.45, 7) is 4.29. The highest BCUT2D eigenvalue weighted by Crippen LogP contribution is 2.50. The first-order valence-electron chi connectivity index (χ1n) is 35.8. The third-order valence-corrected chi connectivity index (χ3v) is 20.5. The Morgan fingerprint density at radius 1 is 0.571 bits per heavy atom. The second-order valence-corrected chi connectivity index (χ2v) is 28.8. The van der Waals surface area contributed by atoms with Crippen LogP contribution in [-0.4, -0.2) is 156 Å². The molecule has 7 heterocycles. The van der Waals surface area contributed by atoms with Gasteiger partial charge in [0.05, 0.1) is 17.2 Å². The maximum Gasteiger partial charge on any atom is 0.337 e. The summed E-state index contributed by atoms with van der Waals surface area (Å²) < 4.78 is 37.5. The number of carbonyl (C=O) groups is 9. The van der Waals surface area contributed by atoms with Crippen molar-refractivity contribution >= 4 is 76.5 Å². The number of fused-ring (bicyclic) bond motifs is 14. The molecule has 0 aliphatic carbocycles. The van der Waals surface area contributed by atoms with Crippen LogP contribution in [0.2, 0.25) is 10.0 Å². The Kier molecular flexibility index (Phi) is 24.2. The van der Waals surface area contributed by atoms with E-state index >= 15 is 19.2 Å². The summed E-state index contributed by atoms with van der Waals surface area (Å²) in [4.78, 5) is 134. The van der Waals surface area contributed by atoms with E-state index in [0.717, 1.165) is 112 Å². The highest BCUT2D eigenvalue weighted by molar-refractivity contribution is 6.33. The Balaban J connectivity index is 1.09. The molecule has 0 aromatic heterocycles. The highest BCUT2D eigenvalue weighted by Gasteiger charge is 2.51. The van der Waals surface area contributed by atoms with E-state index in [-0.39, 0.29) is 52.5 Å². The van der Waals surface area contributed by atoms with Crippen LogP contribution in [0.15, 0.2) is 115 Å². The topological polar surface area (TPSA) is 487 Å². The molecule has 0 radical (unpaired) electrons. The number of likely N-dealkylation sites (N-methyl/N-ethyl adjacent to an activating group) is 1. The Labute approximate surface area is 648 Å². The van der Waals surface area contributed by atoms with E-state index in [2.05, 4.69) is 56.4 Å². The third kappa shape index (κ3) is 17.3. The van der Waals surface area contributed by atoms with Gasteiger partial charge >= 0.3 is 11.9 Å². The van der Waals surface area contributed by atoms with Crippen molar-refractivity contribution in [2.75, 3.05) is 14.2 Å². The minimum absolute atomic E-state index is 0.0943. The molecule has 1 fully saturated rings. The molecule has 17 N–H and O–H groups in total. The zero-order valence-electron chi connectivity index (χ0n) is 60.3. The lowest BCUT2D eigenvalue weighted by Crippen LogP contribution is -2.66. The number of hydrogen-bond acceptors (Lipinski definition) is 24. The minimum Gasteiger partial charge on any atom is -0.508 e. The molecule has 1 saturated heterocycles. The van der Waals surface area contributed by atoms with Crippen LogP contribution in [0.5, 0.6) is 69.0 Å². The first-order valence-corrected chi connectivity index (χ1v) is 36.5. The number of phenolic OH excluding ortho intramolecular Hbond substituents is 5. The van der Waals surface area contributed by atoms with Gasteiger partial charge in [-0.1, -0.05) is 106 Å². The highest BCUT2D eigenvalue weighted by atomic mass is 35.5. The van der Waals surface area contributed by atoms with Gasteiger partial charge in [-0.3, -0.25) is 33.6 Å². The third-order valence-electron chi connectivity index (χ3n) is 19.8. The Morgan fingerprint density at radius 2 is 1.21 bits per heavy atom. The van der Waals surface area contributed by atoms with Gasteiger partial charge in [0, 0.05) is 47.2 Å². The number of aliphatic hydroxyl groups is 3. The van der Waals surface area contributed by atoms with Gasteiger partial charge in [-0.25, -0.2) is 9.59 Å². The number of rotatable bonds is 15. The summed E-state index contributed by atoms with van der Waals surface area (Å²) in [6, 6.07) is 6.02. The van der Waals surface area contributed by atoms with E-state index in [1.807, 2.05) is 0 Å². The molecule has 17 bridgehead atoms. The van der Waals surface area contributed by atoms with Gasteiger partial charge in [0.25, 0.3) is 0 Å². The molecule has 7 aromatic rings. The Morgan fingerprint density at radius 3 is 1.90 bits per heavy atom. The number of carboxylic acid groups (broad SMARTS) is 1. The van der Waals surface area contributed by atoms with Gasteiger partial charge in [-0.05, 0) is 120 Å². The number of hydrogen-bond donors (Lipinski definition) is 17. The summed E-state index contributed by atoms with van der Waals surface area (Å²) >= 11 is 14.1. The number of methoxy groups -OCH3 is 1. The number of esters is 1. The molecule has 13 atom stereocenters. The number of carboxylic acids is 1. The summed E-state index contributed by atoms with van der Waals surface area (Å²) in [7, 11) is 2.41. The molecule has 32 nitrogen and oxygen atoms in total. The van der Waals surface area contributed by atoms with Gasteiger partial charge in [0.1, 0.15) is 101 Å². The molecule has 112 heavy (non-hydrogen) atoms. The predicted molar refractivity (Wildman–Crippen MR) is 395 cm³/mol. The van der Waals surface area contributed by atoms with Crippen LogP contribution in [0.1, 0.15) is 140 Å². The zero-order valence-corrected chi connectivity index (χ0v) is 61.8. The predicted octanol–water partition coefficient (Wildman–Crippen LogP) is 6.80. The summed E-state index contributed by atoms with van der Waals surface area (Å²) in [6.07, 6.45) is -5.16. The maximum absolute atomic E-state index is 16.4. The Hall–Kier alpha value is -11.7. The average Bonchev–Trinajstić information content (AvgIpc) is 0.768. The van der Waals surface area contributed by atoms with Crippen LogP contribution >= 0.6 is 23.2 Å². The fourth-order valence-electron chi connectivity index (χ4n) is 13.9. The molecule has 7 aromatic carbocycles. The largest absolute Gasteiger partial charge is 0.508 e. The second-order valence-electron chi connectivity index (χ2n) is 28.0. The monoisotopic (exact) mass is 1580 g/mol. The molecule has 0 spiro atoms. The smallest absolute Gasteiger partial charge is 0.337 e. The molecule has 0 saturated carbocycles. The van der Waals surface area contributed by atoms with E-state index in [1.165, 1.54) is 49.5 Å². The second kappa shape index (κ2) is 33.9. The van der Waals surface area contributed by atoms with E-state index in [9.17, 15) is 69.9 Å². The molecule has 34 heteroatoms. The number of aliphatic hydroxyl groups excluding tert-OH is 3. The molecule has 590 valence electrons. The van der Waals surface area contributed by atoms with Gasteiger partial charge in [0.2, 0.25) is 53.4 Å². The maximum atomic E-state index is 16.4. The molecule has 7 amide bonds. The van der Waals surface area contributed by atoms with Crippen molar-refractivity contribution in [1.29, 1.82) is 0 Å². The van der Waals surface area contributed by atoms with Crippen molar-refractivity contribution in [2.24, 2.45) is 5.92 Å². The summed E-state index contributed by atoms with van der Waals surface area (Å²) in [5, 5.41) is 124. The normalized spacial score (nSPS) is 23.6. The van der Waals surface area contributed by atoms with Gasteiger partial charge in [0.15, 0.2) is 35.1 Å². The first kappa shape index (κ1) is 79.9. The number of unbranched alkanes of at least 4 members (excludes halogenated alkanes) is 5. The lowest BCUT2D eigenvalue weighted by Gasteiger charge is -2.41. The van der Waals surface area contributed by atoms with Crippen LogP contribution in [0, 0.1) is 5.92 Å². The molecular formula is C78H80Cl2N8O24. The quantitative estimate of drug-likeness (QED) is 0.0370. The van der Waals surface area contributed by atoms with Crippen LogP contribution < -0.4 is 61.5 Å². The number of amides is 7. The van der Waals surface area contributed by atoms with Crippen LogP contribution in [0.25, 0.3) is 11.1 Å². The number of benzene rings is 7. The van der Waals surface area contributed by atoms with Crippen molar-refractivity contribution < 1.29 is 118 Å². The fourth-order valence-corrected chi connectivity index (χ4v) is 14.4. The standard InChI is InChI=1S/C78H80Cl2N8O24/c1-33(2)11-9-7-5-6-8-10-12-55(94)83-64-66(96)67(97)69(77(106)107-4)112-78(64)111-68-53-27-38-28-54(68)110-51-22-17-37(25-45(51)79)65(95)63-75(103)87-62(76(104)105)43-29-39(89)30-49(92)56(43)42-24-35(15-20-47(42)90)59(72(100)88-63)84-73(101)60(38)85-74(102)61-44-31-41(32-50(93)57(44)80)109-52-26-36(16-21-48(52)91)58(81-3)71(99)82-46(70(98)86-61)23-34-13-18-40(108-53)19-14-34/h13-22,24-33,46,58-67,69,78,81,89-93,95-97H,5-12,23H2,1-4H3,(H,82,99)(H,83,94)(H,84,101)(H,85,102)(H,86,98)(H,87,103)(H,88,100)(H,104,105)/t46?,58?,59?,60?,61?,62?,63?,64-,65?,66-,67+,69+,78-/m1/s1. The lowest BCUT2D eigenvalue weighted by atomic mass is 9.89. The van der Waals surface area contributed by atoms with Crippen molar-refractivity contribution in [3.63, 3.8) is 0 Å². The number of aliphatic carboxylic acids is 1. The van der Waals surface area contributed by atoms with Crippen LogP contribution in [-0.2, 0) is 59.0 Å². The molecular weight excluding hydrogens is 1500 g/mol. The van der Waals surface area contributed by atoms with Crippen LogP contribution in [0.3, 0.4) is 0 Å². The molecule has 7 aliphatic rings. The SMILES string of the molecule is CNC1C(=O)NC2Cc3ccc(cc3)Oc3cc4cc(c3O[C@@H]3O[C@H](C(=O)OC)[C@@H](O)[C@H](O)[C@H]3NC(=O)CCCCCCCCC(C)C)Oc3ccc(cc3Cl)C(O)C3NC(=O)C(NC(=O)C4NC(=O)C(NC2=O)c2cc(cc(O)c2Cl)Oc2cc1ccc2O)c1ccc(O)c(c1)-c1c(O)cc(O)cc1C(C(=O)O)NC3=O. The minimum atomic E-state index is -2.37. The first-order chi connectivity index (χ1) is 53.5. The van der Waals surface area contributed by atoms with E-state index in [0.29, 0.717) is 24.3 Å². The van der Waals surface area contributed by atoms with Crippen molar-refractivity contribution in [3.8, 4) is 80.1 Å². The van der Waals surface area contributed by atoms with Gasteiger partial charge < -0.3 is 117 Å². The number of aromatic hydroxyl groups is 5. The van der Waals surface area contributed by atoms with E-state index < -0.39 is 216 Å². The van der Waals surface area contributed by atoms with E-state index in [1.54, 1.807) is 0 Å². The summed E-state index contributed by atoms with van der Waals surface area (Å²) in [5.41, 5.74) is -2.58. The lowest BCUT2D eigenvalue weighted by molar-refractivity contribution is -0.242. The Bertz CT molecular complexity index is 4860. The van der Waals surface area contributed by atoms with Gasteiger partial charge in [-0.15, -0.1) is 0 Å². The van der Waals surface area contributed by atoms with E-state index in [4.69, 9.17) is 51.6 Å². The molecule has 7 aliphatic heterocycles. The number of carbonyl (C=O) groups excluding carboxylic acids is 8. The summed E-state index contributed by atoms with van der Waals surface area (Å²) in [5.74, 6) is -17.2. The number of phenols is 5.